The fourth-order valence-corrected chi connectivity index (χ4v) is 1.46. The molecule has 19 heavy (non-hydrogen) atoms. The number of nitrogens with zero attached hydrogens (tertiary/aromatic N) is 6. The summed E-state index contributed by atoms with van der Waals surface area (Å²) in [4.78, 5) is 12.7. The molecule has 1 aromatic carbocycles. The van der Waals surface area contributed by atoms with Gasteiger partial charge < -0.3 is 5.21 Å². The number of aromatic nitrogens is 2. The van der Waals surface area contributed by atoms with Gasteiger partial charge >= 0.3 is 0 Å². The highest BCUT2D eigenvalue weighted by Gasteiger charge is 2.20. The van der Waals surface area contributed by atoms with Crippen LogP contribution >= 0.6 is 0 Å². The summed E-state index contributed by atoms with van der Waals surface area (Å²) in [5, 5.41) is 28.6. The molecule has 0 amide bonds. The highest BCUT2D eigenvalue weighted by atomic mass is 16.8. The lowest BCUT2D eigenvalue weighted by Crippen LogP contribution is -2.27. The van der Waals surface area contributed by atoms with Crippen molar-refractivity contribution in [1.29, 1.82) is 0 Å². The summed E-state index contributed by atoms with van der Waals surface area (Å²) in [5.74, 6) is 0. The summed E-state index contributed by atoms with van der Waals surface area (Å²) in [6.45, 7) is -0.226. The maximum absolute atomic E-state index is 11.3. The number of azide groups is 1. The van der Waals surface area contributed by atoms with Gasteiger partial charge in [0.25, 0.3) is 11.4 Å². The molecule has 0 N–H and O–H groups in total. The van der Waals surface area contributed by atoms with E-state index in [1.54, 1.807) is 0 Å². The molecule has 0 saturated carbocycles. The Balaban J connectivity index is 2.41. The maximum Gasteiger partial charge on any atom is 0.269 e. The summed E-state index contributed by atoms with van der Waals surface area (Å²) in [7, 11) is 0. The number of nitro benzene ring substituents is 1. The van der Waals surface area contributed by atoms with Crippen molar-refractivity contribution in [2.24, 2.45) is 5.11 Å². The van der Waals surface area contributed by atoms with Gasteiger partial charge in [-0.05, 0) is 22.6 Å². The van der Waals surface area contributed by atoms with Gasteiger partial charge in [0.2, 0.25) is 5.69 Å². The van der Waals surface area contributed by atoms with Crippen LogP contribution in [0.4, 0.5) is 5.69 Å². The maximum atomic E-state index is 11.3. The van der Waals surface area contributed by atoms with Crippen molar-refractivity contribution in [3.8, 4) is 11.3 Å². The van der Waals surface area contributed by atoms with Crippen LogP contribution < -0.4 is 4.90 Å². The van der Waals surface area contributed by atoms with Crippen molar-refractivity contribution in [3.63, 3.8) is 0 Å². The normalized spacial score (nSPS) is 9.89. The highest BCUT2D eigenvalue weighted by Crippen LogP contribution is 2.22. The number of benzene rings is 1. The van der Waals surface area contributed by atoms with Crippen LogP contribution in [-0.2, 0) is 6.54 Å². The van der Waals surface area contributed by atoms with Crippen LogP contribution in [0.3, 0.4) is 0 Å². The lowest BCUT2D eigenvalue weighted by Gasteiger charge is -1.95. The van der Waals surface area contributed by atoms with Crippen molar-refractivity contribution in [2.45, 2.75) is 6.54 Å². The van der Waals surface area contributed by atoms with Crippen LogP contribution in [0.1, 0.15) is 5.69 Å². The molecule has 10 heteroatoms. The Labute approximate surface area is 105 Å². The molecule has 0 unspecified atom stereocenters. The van der Waals surface area contributed by atoms with Crippen LogP contribution in [0.25, 0.3) is 21.7 Å². The molecule has 0 aliphatic rings. The number of rotatable bonds is 4. The van der Waals surface area contributed by atoms with Crippen molar-refractivity contribution in [1.82, 2.24) is 5.16 Å². The predicted octanol–water partition coefficient (Wildman–Crippen LogP) is 1.69. The topological polar surface area (TPSA) is 145 Å². The van der Waals surface area contributed by atoms with Gasteiger partial charge in [-0.15, -0.1) is 0 Å². The third-order valence-corrected chi connectivity index (χ3v) is 2.34. The van der Waals surface area contributed by atoms with Crippen LogP contribution in [0.15, 0.2) is 34.0 Å². The second kappa shape index (κ2) is 5.02. The van der Waals surface area contributed by atoms with Gasteiger partial charge in [0.1, 0.15) is 0 Å². The Kier molecular flexibility index (Phi) is 3.26. The predicted molar refractivity (Wildman–Crippen MR) is 60.4 cm³/mol. The van der Waals surface area contributed by atoms with E-state index in [0.717, 1.165) is 0 Å². The molecule has 10 nitrogen and oxygen atoms in total. The zero-order valence-corrected chi connectivity index (χ0v) is 9.33. The van der Waals surface area contributed by atoms with E-state index in [-0.39, 0.29) is 28.5 Å². The van der Waals surface area contributed by atoms with Crippen LogP contribution in [0.2, 0.25) is 0 Å². The smallest absolute Gasteiger partial charge is 0.269 e. The minimum Gasteiger partial charge on any atom is -0.359 e. The van der Waals surface area contributed by atoms with Crippen LogP contribution in [0.5, 0.6) is 0 Å². The second-order valence-corrected chi connectivity index (χ2v) is 3.42. The molecule has 96 valence electrons. The number of non-ortho nitro benzene ring substituents is 1. The zero-order chi connectivity index (χ0) is 13.8. The zero-order valence-electron chi connectivity index (χ0n) is 9.33. The van der Waals surface area contributed by atoms with E-state index in [4.69, 9.17) is 5.53 Å². The van der Waals surface area contributed by atoms with Crippen LogP contribution in [-0.4, -0.2) is 10.1 Å². The van der Waals surface area contributed by atoms with Crippen molar-refractivity contribution >= 4 is 5.69 Å². The minimum absolute atomic E-state index is 0.0339. The van der Waals surface area contributed by atoms with Gasteiger partial charge in [0.05, 0.1) is 11.5 Å². The lowest BCUT2D eigenvalue weighted by atomic mass is 10.1. The standard InChI is InChI=1S/C9H6N6O4/c10-13-11-5-8-9(12-19-15(8)18)6-1-3-7(4-2-6)14(16)17/h1-4H,5H2. The molecule has 0 aliphatic carbocycles. The van der Waals surface area contributed by atoms with Gasteiger partial charge in [0, 0.05) is 27.8 Å². The average Bonchev–Trinajstić information content (AvgIpc) is 2.78. The third kappa shape index (κ3) is 2.42. The molecule has 2 rings (SSSR count). The van der Waals surface area contributed by atoms with E-state index >= 15 is 0 Å². The monoisotopic (exact) mass is 262 g/mol. The molecular formula is C9H6N6O4. The molecule has 2 aromatic rings. The average molecular weight is 262 g/mol. The number of hydrogen-bond donors (Lipinski definition) is 0. The molecule has 1 aromatic heterocycles. The Morgan fingerprint density at radius 3 is 2.74 bits per heavy atom. The van der Waals surface area contributed by atoms with E-state index < -0.39 is 4.92 Å². The molecule has 0 spiro atoms. The quantitative estimate of drug-likeness (QED) is 0.205. The molecule has 0 aliphatic heterocycles. The minimum atomic E-state index is -0.540. The molecule has 1 heterocycles. The van der Waals surface area contributed by atoms with Gasteiger partial charge in [0.15, 0.2) is 0 Å². The first-order chi connectivity index (χ1) is 9.13. The fourth-order valence-electron chi connectivity index (χ4n) is 1.46. The third-order valence-electron chi connectivity index (χ3n) is 2.34. The summed E-state index contributed by atoms with van der Waals surface area (Å²) in [5.41, 5.74) is 8.81. The first-order valence-corrected chi connectivity index (χ1v) is 4.97. The number of nitro groups is 1. The fraction of sp³-hybridized carbons (Fsp3) is 0.111. The van der Waals surface area contributed by atoms with Gasteiger partial charge in [-0.1, -0.05) is 5.11 Å². The summed E-state index contributed by atoms with van der Waals surface area (Å²) in [6.07, 6.45) is 0. The molecule has 0 bridgehead atoms. The van der Waals surface area contributed by atoms with E-state index in [1.165, 1.54) is 24.3 Å². The Morgan fingerprint density at radius 2 is 2.16 bits per heavy atom. The van der Waals surface area contributed by atoms with Gasteiger partial charge in [-0.3, -0.25) is 14.7 Å². The second-order valence-electron chi connectivity index (χ2n) is 3.42. The highest BCUT2D eigenvalue weighted by molar-refractivity contribution is 5.61. The first-order valence-electron chi connectivity index (χ1n) is 4.97. The SMILES string of the molecule is [N-]=[N+]=NCc1c(-c2ccc([N+](=O)[O-])cc2)no[n+]1[O-]. The summed E-state index contributed by atoms with van der Waals surface area (Å²) >= 11 is 0. The van der Waals surface area contributed by atoms with Crippen molar-refractivity contribution < 1.29 is 14.5 Å². The Bertz CT molecular complexity index is 658. The van der Waals surface area contributed by atoms with Gasteiger partial charge in [-0.25, -0.2) is 0 Å². The van der Waals surface area contributed by atoms with Crippen molar-refractivity contribution in [2.75, 3.05) is 0 Å². The summed E-state index contributed by atoms with van der Waals surface area (Å²) in [6, 6.07) is 5.40. The van der Waals surface area contributed by atoms with E-state index in [1.807, 2.05) is 0 Å². The van der Waals surface area contributed by atoms with Crippen LogP contribution in [0, 0.1) is 15.3 Å². The first kappa shape index (κ1) is 12.3. The number of hydrogen-bond acceptors (Lipinski definition) is 6. The Hall–Kier alpha value is -3.13. The van der Waals surface area contributed by atoms with Gasteiger partial charge in [-0.2, -0.15) is 0 Å². The van der Waals surface area contributed by atoms with E-state index in [9.17, 15) is 15.3 Å². The van der Waals surface area contributed by atoms with Crippen molar-refractivity contribution in [3.05, 3.63) is 55.7 Å². The molecular weight excluding hydrogens is 256 g/mol. The Morgan fingerprint density at radius 1 is 1.47 bits per heavy atom. The molecule has 0 radical (unpaired) electrons. The molecule has 0 fully saturated rings. The molecule has 0 atom stereocenters. The largest absolute Gasteiger partial charge is 0.359 e. The van der Waals surface area contributed by atoms with E-state index in [0.29, 0.717) is 5.56 Å². The van der Waals surface area contributed by atoms with E-state index in [2.05, 4.69) is 19.8 Å². The molecule has 0 saturated heterocycles. The lowest BCUT2D eigenvalue weighted by molar-refractivity contribution is -0.807. The summed E-state index contributed by atoms with van der Waals surface area (Å²) < 4.78 is 4.42.